The van der Waals surface area contributed by atoms with Gasteiger partial charge >= 0.3 is 6.03 Å². The van der Waals surface area contributed by atoms with Crippen molar-refractivity contribution < 1.29 is 23.9 Å². The maximum Gasteiger partial charge on any atom is 0.335 e. The number of barbiturate groups is 1. The van der Waals surface area contributed by atoms with Crippen molar-refractivity contribution in [2.45, 2.75) is 27.7 Å². The van der Waals surface area contributed by atoms with Crippen LogP contribution in [-0.4, -0.2) is 31.1 Å². The van der Waals surface area contributed by atoms with E-state index in [1.165, 1.54) is 6.08 Å². The van der Waals surface area contributed by atoms with Crippen molar-refractivity contribution in [2.75, 3.05) is 18.1 Å². The van der Waals surface area contributed by atoms with Gasteiger partial charge < -0.3 is 9.47 Å². The number of rotatable bonds is 6. The molecule has 0 unspecified atom stereocenters. The van der Waals surface area contributed by atoms with Gasteiger partial charge in [0, 0.05) is 0 Å². The van der Waals surface area contributed by atoms with Crippen molar-refractivity contribution in [1.82, 2.24) is 5.32 Å². The number of aryl methyl sites for hydroxylation is 2. The predicted molar refractivity (Wildman–Crippen MR) is 119 cm³/mol. The number of ether oxygens (including phenoxy) is 2. The molecule has 31 heavy (non-hydrogen) atoms. The molecule has 2 aromatic carbocycles. The molecule has 1 aliphatic rings. The van der Waals surface area contributed by atoms with Crippen LogP contribution in [0.1, 0.15) is 30.5 Å². The molecule has 1 N–H and O–H groups in total. The second-order valence-corrected chi connectivity index (χ2v) is 7.33. The minimum absolute atomic E-state index is 0.194. The predicted octanol–water partition coefficient (Wildman–Crippen LogP) is 4.42. The Morgan fingerprint density at radius 3 is 2.35 bits per heavy atom. The van der Waals surface area contributed by atoms with Gasteiger partial charge in [0.15, 0.2) is 11.5 Å². The van der Waals surface area contributed by atoms with Crippen LogP contribution in [-0.2, 0) is 9.59 Å². The molecule has 1 heterocycles. The Kier molecular flexibility index (Phi) is 6.65. The Morgan fingerprint density at radius 1 is 1.00 bits per heavy atom. The lowest BCUT2D eigenvalue weighted by atomic mass is 10.0. The van der Waals surface area contributed by atoms with Crippen LogP contribution in [0.2, 0.25) is 5.02 Å². The molecule has 0 aromatic heterocycles. The molecule has 1 saturated heterocycles. The number of amides is 4. The van der Waals surface area contributed by atoms with E-state index < -0.39 is 17.8 Å². The highest BCUT2D eigenvalue weighted by molar-refractivity contribution is 6.39. The summed E-state index contributed by atoms with van der Waals surface area (Å²) in [7, 11) is 0. The summed E-state index contributed by atoms with van der Waals surface area (Å²) in [5.41, 5.74) is 2.59. The van der Waals surface area contributed by atoms with Gasteiger partial charge in [-0.2, -0.15) is 0 Å². The number of carbonyl (C=O) groups is 3. The molecule has 0 saturated carbocycles. The Labute approximate surface area is 185 Å². The average Bonchev–Trinajstić information content (AvgIpc) is 2.70. The molecule has 7 nitrogen and oxygen atoms in total. The largest absolute Gasteiger partial charge is 0.490 e. The topological polar surface area (TPSA) is 84.9 Å². The van der Waals surface area contributed by atoms with Crippen molar-refractivity contribution in [3.05, 3.63) is 57.6 Å². The van der Waals surface area contributed by atoms with Crippen molar-refractivity contribution in [2.24, 2.45) is 0 Å². The third-order valence-corrected chi connectivity index (χ3v) is 5.06. The van der Waals surface area contributed by atoms with Crippen LogP contribution in [0.4, 0.5) is 10.5 Å². The number of anilines is 1. The molecular formula is C23H23ClN2O5. The van der Waals surface area contributed by atoms with Gasteiger partial charge in [-0.05, 0) is 74.7 Å². The van der Waals surface area contributed by atoms with Crippen LogP contribution in [0.3, 0.4) is 0 Å². The molecule has 0 atom stereocenters. The first-order valence-corrected chi connectivity index (χ1v) is 10.2. The van der Waals surface area contributed by atoms with Crippen LogP contribution in [0.25, 0.3) is 6.08 Å². The van der Waals surface area contributed by atoms with Gasteiger partial charge in [0.05, 0.1) is 23.9 Å². The van der Waals surface area contributed by atoms with E-state index in [4.69, 9.17) is 21.1 Å². The van der Waals surface area contributed by atoms with E-state index in [2.05, 4.69) is 5.32 Å². The van der Waals surface area contributed by atoms with E-state index in [0.717, 1.165) is 16.0 Å². The smallest absolute Gasteiger partial charge is 0.335 e. The van der Waals surface area contributed by atoms with Crippen molar-refractivity contribution in [3.63, 3.8) is 0 Å². The lowest BCUT2D eigenvalue weighted by Crippen LogP contribution is -2.54. The Hall–Kier alpha value is -3.32. The van der Waals surface area contributed by atoms with Crippen molar-refractivity contribution in [1.29, 1.82) is 0 Å². The molecule has 3 rings (SSSR count). The number of hydrogen-bond acceptors (Lipinski definition) is 5. The summed E-state index contributed by atoms with van der Waals surface area (Å²) < 4.78 is 11.1. The van der Waals surface area contributed by atoms with Gasteiger partial charge in [0.2, 0.25) is 0 Å². The first-order valence-electron chi connectivity index (χ1n) is 9.84. The second kappa shape index (κ2) is 9.22. The molecule has 0 spiro atoms. The zero-order valence-electron chi connectivity index (χ0n) is 17.7. The lowest BCUT2D eigenvalue weighted by molar-refractivity contribution is -0.122. The number of nitrogens with zero attached hydrogens (tertiary/aromatic N) is 1. The monoisotopic (exact) mass is 442 g/mol. The SMILES string of the molecule is CCOc1cc(/C=C2\C(=O)NC(=O)N(c3ccc(C)c(C)c3)C2=O)cc(Cl)c1OCC. The fourth-order valence-electron chi connectivity index (χ4n) is 3.14. The molecule has 0 aliphatic carbocycles. The van der Waals surface area contributed by atoms with E-state index in [0.29, 0.717) is 36.0 Å². The van der Waals surface area contributed by atoms with Crippen LogP contribution in [0.5, 0.6) is 11.5 Å². The summed E-state index contributed by atoms with van der Waals surface area (Å²) in [5.74, 6) is -0.716. The highest BCUT2D eigenvalue weighted by atomic mass is 35.5. The van der Waals surface area contributed by atoms with Gasteiger partial charge in [-0.15, -0.1) is 0 Å². The minimum atomic E-state index is -0.796. The summed E-state index contributed by atoms with van der Waals surface area (Å²) >= 11 is 6.34. The summed E-state index contributed by atoms with van der Waals surface area (Å²) in [6.07, 6.45) is 1.38. The Morgan fingerprint density at radius 2 is 1.71 bits per heavy atom. The Bertz CT molecular complexity index is 1090. The maximum absolute atomic E-state index is 13.1. The average molecular weight is 443 g/mol. The summed E-state index contributed by atoms with van der Waals surface area (Å²) in [4.78, 5) is 38.9. The first-order chi connectivity index (χ1) is 14.8. The molecule has 1 aliphatic heterocycles. The van der Waals surface area contributed by atoms with Gasteiger partial charge in [-0.1, -0.05) is 17.7 Å². The van der Waals surface area contributed by atoms with E-state index >= 15 is 0 Å². The van der Waals surface area contributed by atoms with Crippen LogP contribution in [0, 0.1) is 13.8 Å². The summed E-state index contributed by atoms with van der Waals surface area (Å²) in [6.45, 7) is 8.23. The number of imide groups is 2. The van der Waals surface area contributed by atoms with E-state index in [-0.39, 0.29) is 10.6 Å². The van der Waals surface area contributed by atoms with Gasteiger partial charge in [0.1, 0.15) is 5.57 Å². The fraction of sp³-hybridized carbons (Fsp3) is 0.261. The van der Waals surface area contributed by atoms with Crippen LogP contribution >= 0.6 is 11.6 Å². The number of carbonyl (C=O) groups excluding carboxylic acids is 3. The number of nitrogens with one attached hydrogen (secondary N) is 1. The van der Waals surface area contributed by atoms with Crippen LogP contribution in [0.15, 0.2) is 35.9 Å². The van der Waals surface area contributed by atoms with Gasteiger partial charge in [-0.3, -0.25) is 14.9 Å². The molecule has 2 aromatic rings. The fourth-order valence-corrected chi connectivity index (χ4v) is 3.42. The zero-order chi connectivity index (χ0) is 22.7. The second-order valence-electron chi connectivity index (χ2n) is 6.92. The quantitative estimate of drug-likeness (QED) is 0.528. The molecule has 1 fully saturated rings. The van der Waals surface area contributed by atoms with Crippen LogP contribution < -0.4 is 19.7 Å². The number of urea groups is 1. The third-order valence-electron chi connectivity index (χ3n) is 4.78. The maximum atomic E-state index is 13.1. The van der Waals surface area contributed by atoms with Crippen molar-refractivity contribution in [3.8, 4) is 11.5 Å². The first kappa shape index (κ1) is 22.4. The van der Waals surface area contributed by atoms with Crippen molar-refractivity contribution >= 4 is 41.2 Å². The van der Waals surface area contributed by atoms with E-state index in [9.17, 15) is 14.4 Å². The normalized spacial score (nSPS) is 15.3. The van der Waals surface area contributed by atoms with Gasteiger partial charge in [0.25, 0.3) is 11.8 Å². The Balaban J connectivity index is 2.04. The molecule has 8 heteroatoms. The molecule has 162 valence electrons. The van der Waals surface area contributed by atoms with Gasteiger partial charge in [-0.25, -0.2) is 9.69 Å². The van der Waals surface area contributed by atoms with E-state index in [1.54, 1.807) is 24.3 Å². The molecule has 0 radical (unpaired) electrons. The summed E-state index contributed by atoms with van der Waals surface area (Å²) in [6, 6.07) is 7.60. The lowest BCUT2D eigenvalue weighted by Gasteiger charge is -2.27. The number of hydrogen-bond donors (Lipinski definition) is 1. The zero-order valence-corrected chi connectivity index (χ0v) is 18.5. The molecular weight excluding hydrogens is 420 g/mol. The molecule has 4 amide bonds. The standard InChI is InChI=1S/C23H23ClN2O5/c1-5-30-19-12-15(11-18(24)20(19)31-6-2)10-17-21(27)25-23(29)26(22(17)28)16-8-7-13(3)14(4)9-16/h7-12H,5-6H2,1-4H3,(H,25,27,29)/b17-10+. The highest BCUT2D eigenvalue weighted by Gasteiger charge is 2.37. The highest BCUT2D eigenvalue weighted by Crippen LogP contribution is 2.37. The number of halogens is 1. The number of benzene rings is 2. The summed E-state index contributed by atoms with van der Waals surface area (Å²) in [5, 5.41) is 2.50. The molecule has 0 bridgehead atoms. The minimum Gasteiger partial charge on any atom is -0.490 e. The van der Waals surface area contributed by atoms with E-state index in [1.807, 2.05) is 33.8 Å². The third kappa shape index (κ3) is 4.56.